The molecule has 3 N–H and O–H groups in total. The Balaban J connectivity index is 2.76. The number of anilines is 1. The molecule has 5 heteroatoms. The number of hydrogen-bond donors (Lipinski definition) is 2. The third-order valence-corrected chi connectivity index (χ3v) is 2.09. The molecule has 0 aliphatic heterocycles. The first-order chi connectivity index (χ1) is 6.59. The fourth-order valence-electron chi connectivity index (χ4n) is 1.31. The molecule has 5 nitrogen and oxygen atoms in total. The van der Waals surface area contributed by atoms with E-state index in [0.717, 1.165) is 0 Å². The van der Waals surface area contributed by atoms with Crippen LogP contribution in [-0.2, 0) is 0 Å². The van der Waals surface area contributed by atoms with Crippen molar-refractivity contribution in [3.8, 4) is 0 Å². The number of aryl methyl sites for hydroxylation is 1. The molecule has 72 valence electrons. The fourth-order valence-corrected chi connectivity index (χ4v) is 1.31. The van der Waals surface area contributed by atoms with Crippen molar-refractivity contribution in [3.05, 3.63) is 29.6 Å². The largest absolute Gasteiger partial charge is 0.478 e. The second-order valence-corrected chi connectivity index (χ2v) is 3.03. The second kappa shape index (κ2) is 2.73. The van der Waals surface area contributed by atoms with E-state index in [4.69, 9.17) is 10.8 Å². The molecule has 2 aromatic heterocycles. The molecule has 2 heterocycles. The molecule has 0 aromatic carbocycles. The lowest BCUT2D eigenvalue weighted by molar-refractivity contribution is 0.0696. The Hall–Kier alpha value is -2.04. The van der Waals surface area contributed by atoms with E-state index < -0.39 is 5.97 Å². The lowest BCUT2D eigenvalue weighted by Gasteiger charge is -1.98. The normalized spacial score (nSPS) is 10.6. The van der Waals surface area contributed by atoms with Crippen molar-refractivity contribution in [1.82, 2.24) is 9.38 Å². The maximum atomic E-state index is 10.7. The number of nitrogens with zero attached hydrogens (tertiary/aromatic N) is 2. The summed E-state index contributed by atoms with van der Waals surface area (Å²) in [6, 6.07) is 3.14. The SMILES string of the molecule is Cc1nc2ccc(C(=O)O)cn2c1N. The molecule has 14 heavy (non-hydrogen) atoms. The number of nitrogens with two attached hydrogens (primary N) is 1. The van der Waals surface area contributed by atoms with Crippen LogP contribution in [0, 0.1) is 6.92 Å². The summed E-state index contributed by atoms with van der Waals surface area (Å²) < 4.78 is 1.57. The summed E-state index contributed by atoms with van der Waals surface area (Å²) in [7, 11) is 0. The number of rotatable bonds is 1. The smallest absolute Gasteiger partial charge is 0.337 e. The van der Waals surface area contributed by atoms with Crippen LogP contribution in [0.2, 0.25) is 0 Å². The van der Waals surface area contributed by atoms with Gasteiger partial charge in [-0.25, -0.2) is 9.78 Å². The number of carbonyl (C=O) groups is 1. The van der Waals surface area contributed by atoms with Gasteiger partial charge in [-0.1, -0.05) is 0 Å². The van der Waals surface area contributed by atoms with Crippen LogP contribution in [0.15, 0.2) is 18.3 Å². The molecule has 0 fully saturated rings. The van der Waals surface area contributed by atoms with Crippen LogP contribution in [0.1, 0.15) is 16.1 Å². The highest BCUT2D eigenvalue weighted by molar-refractivity contribution is 5.87. The summed E-state index contributed by atoms with van der Waals surface area (Å²) in [6.45, 7) is 1.78. The topological polar surface area (TPSA) is 80.6 Å². The number of pyridine rings is 1. The van der Waals surface area contributed by atoms with Crippen molar-refractivity contribution < 1.29 is 9.90 Å². The van der Waals surface area contributed by atoms with E-state index in [1.807, 2.05) is 0 Å². The predicted octanol–water partition coefficient (Wildman–Crippen LogP) is 0.923. The minimum Gasteiger partial charge on any atom is -0.478 e. The van der Waals surface area contributed by atoms with Gasteiger partial charge in [0.15, 0.2) is 0 Å². The van der Waals surface area contributed by atoms with Crippen molar-refractivity contribution >= 4 is 17.4 Å². The van der Waals surface area contributed by atoms with E-state index in [-0.39, 0.29) is 5.56 Å². The predicted molar refractivity (Wildman–Crippen MR) is 51.3 cm³/mol. The average molecular weight is 191 g/mol. The number of aromatic carboxylic acids is 1. The Morgan fingerprint density at radius 1 is 1.57 bits per heavy atom. The molecule has 0 saturated heterocycles. The first-order valence-electron chi connectivity index (χ1n) is 4.07. The van der Waals surface area contributed by atoms with Crippen LogP contribution in [0.3, 0.4) is 0 Å². The Morgan fingerprint density at radius 2 is 2.29 bits per heavy atom. The van der Waals surface area contributed by atoms with Gasteiger partial charge >= 0.3 is 5.97 Å². The minimum atomic E-state index is -0.974. The quantitative estimate of drug-likeness (QED) is 0.702. The number of imidazole rings is 1. The number of aromatic nitrogens is 2. The van der Waals surface area contributed by atoms with Crippen molar-refractivity contribution in [1.29, 1.82) is 0 Å². The Kier molecular flexibility index (Phi) is 1.67. The number of nitrogen functional groups attached to an aromatic ring is 1. The van der Waals surface area contributed by atoms with Crippen LogP contribution < -0.4 is 5.73 Å². The van der Waals surface area contributed by atoms with Gasteiger partial charge in [0.25, 0.3) is 0 Å². The molecule has 0 aliphatic rings. The van der Waals surface area contributed by atoms with Gasteiger partial charge in [-0.2, -0.15) is 0 Å². The van der Waals surface area contributed by atoms with Gasteiger partial charge in [-0.3, -0.25) is 4.40 Å². The van der Waals surface area contributed by atoms with Crippen molar-refractivity contribution in [3.63, 3.8) is 0 Å². The van der Waals surface area contributed by atoms with Gasteiger partial charge in [-0.15, -0.1) is 0 Å². The first kappa shape index (κ1) is 8.55. The third kappa shape index (κ3) is 1.10. The number of carboxylic acid groups (broad SMARTS) is 1. The summed E-state index contributed by atoms with van der Waals surface area (Å²) >= 11 is 0. The molecule has 0 unspecified atom stereocenters. The summed E-state index contributed by atoms with van der Waals surface area (Å²) in [5.41, 5.74) is 7.27. The van der Waals surface area contributed by atoms with Crippen molar-refractivity contribution in [2.45, 2.75) is 6.92 Å². The highest BCUT2D eigenvalue weighted by atomic mass is 16.4. The molecule has 2 rings (SSSR count). The first-order valence-corrected chi connectivity index (χ1v) is 4.07. The van der Waals surface area contributed by atoms with Crippen LogP contribution in [0.4, 0.5) is 5.82 Å². The summed E-state index contributed by atoms with van der Waals surface area (Å²) in [5.74, 6) is -0.499. The summed E-state index contributed by atoms with van der Waals surface area (Å²) in [6.07, 6.45) is 1.47. The highest BCUT2D eigenvalue weighted by Gasteiger charge is 2.08. The van der Waals surface area contributed by atoms with Gasteiger partial charge in [0, 0.05) is 6.20 Å². The lowest BCUT2D eigenvalue weighted by Crippen LogP contribution is -2.00. The maximum absolute atomic E-state index is 10.7. The zero-order valence-corrected chi connectivity index (χ0v) is 7.56. The number of carboxylic acids is 1. The molecule has 0 spiro atoms. The lowest BCUT2D eigenvalue weighted by atomic mass is 10.3. The Bertz CT molecular complexity index is 516. The molecule has 0 amide bonds. The minimum absolute atomic E-state index is 0.196. The Labute approximate surface area is 79.8 Å². The third-order valence-electron chi connectivity index (χ3n) is 2.09. The van der Waals surface area contributed by atoms with Crippen molar-refractivity contribution in [2.75, 3.05) is 5.73 Å². The zero-order chi connectivity index (χ0) is 10.3. The molecular weight excluding hydrogens is 182 g/mol. The van der Waals surface area contributed by atoms with Crippen molar-refractivity contribution in [2.24, 2.45) is 0 Å². The summed E-state index contributed by atoms with van der Waals surface area (Å²) in [5, 5.41) is 8.77. The van der Waals surface area contributed by atoms with Crippen LogP contribution in [0.25, 0.3) is 5.65 Å². The van der Waals surface area contributed by atoms with E-state index in [1.165, 1.54) is 12.3 Å². The van der Waals surface area contributed by atoms with Crippen LogP contribution in [-0.4, -0.2) is 20.5 Å². The zero-order valence-electron chi connectivity index (χ0n) is 7.56. The fraction of sp³-hybridized carbons (Fsp3) is 0.111. The van der Waals surface area contributed by atoms with Gasteiger partial charge in [0.05, 0.1) is 11.3 Å². The number of fused-ring (bicyclic) bond motifs is 1. The van der Waals surface area contributed by atoms with Crippen LogP contribution in [0.5, 0.6) is 0 Å². The van der Waals surface area contributed by atoms with E-state index in [0.29, 0.717) is 17.2 Å². The van der Waals surface area contributed by atoms with Crippen LogP contribution >= 0.6 is 0 Å². The standard InChI is InChI=1S/C9H9N3O2/c1-5-8(10)12-4-6(9(13)14)2-3-7(12)11-5/h2-4H,10H2,1H3,(H,13,14). The second-order valence-electron chi connectivity index (χ2n) is 3.03. The van der Waals surface area contributed by atoms with Gasteiger partial charge in [-0.05, 0) is 19.1 Å². The molecule has 0 aliphatic carbocycles. The molecule has 0 bridgehead atoms. The molecule has 2 aromatic rings. The van der Waals surface area contributed by atoms with E-state index in [9.17, 15) is 4.79 Å². The average Bonchev–Trinajstić information content (AvgIpc) is 2.43. The van der Waals surface area contributed by atoms with Gasteiger partial charge < -0.3 is 10.8 Å². The molecule has 0 atom stereocenters. The Morgan fingerprint density at radius 3 is 2.93 bits per heavy atom. The van der Waals surface area contributed by atoms with Gasteiger partial charge in [0.2, 0.25) is 0 Å². The van der Waals surface area contributed by atoms with Gasteiger partial charge in [0.1, 0.15) is 11.5 Å². The monoisotopic (exact) mass is 191 g/mol. The van der Waals surface area contributed by atoms with E-state index >= 15 is 0 Å². The summed E-state index contributed by atoms with van der Waals surface area (Å²) in [4.78, 5) is 14.8. The molecular formula is C9H9N3O2. The molecule has 0 saturated carbocycles. The maximum Gasteiger partial charge on any atom is 0.337 e. The highest BCUT2D eigenvalue weighted by Crippen LogP contribution is 2.14. The number of hydrogen-bond acceptors (Lipinski definition) is 3. The van der Waals surface area contributed by atoms with E-state index in [2.05, 4.69) is 4.98 Å². The molecule has 0 radical (unpaired) electrons. The van der Waals surface area contributed by atoms with E-state index in [1.54, 1.807) is 17.4 Å².